The molecule has 0 N–H and O–H groups in total. The van der Waals surface area contributed by atoms with Gasteiger partial charge in [0, 0.05) is 0 Å². The molecule has 6 aromatic carbocycles. The average Bonchev–Trinajstić information content (AvgIpc) is 3.74. The van der Waals surface area contributed by atoms with Crippen molar-refractivity contribution in [1.29, 1.82) is 0 Å². The summed E-state index contributed by atoms with van der Waals surface area (Å²) in [5.41, 5.74) is 9.35. The third-order valence-corrected chi connectivity index (χ3v) is 18.4. The number of rotatable bonds is 3. The molecule has 3 aromatic heterocycles. The molecule has 10 rings (SSSR count). The van der Waals surface area contributed by atoms with E-state index in [0.29, 0.717) is 0 Å². The van der Waals surface area contributed by atoms with Gasteiger partial charge in [0.05, 0.1) is 0 Å². The summed E-state index contributed by atoms with van der Waals surface area (Å²) in [6, 6.07) is 50.6. The number of thiophene rings is 1. The normalized spacial score (nSPS) is 13.5. The van der Waals surface area contributed by atoms with Crippen molar-refractivity contribution in [2.45, 2.75) is 11.5 Å². The molecule has 0 bridgehead atoms. The second kappa shape index (κ2) is 9.98. The van der Waals surface area contributed by atoms with E-state index in [4.69, 9.17) is 9.97 Å². The molecule has 1 aliphatic rings. The van der Waals surface area contributed by atoms with E-state index in [1.165, 1.54) is 62.0 Å². The molecule has 4 heterocycles. The molecule has 9 aromatic rings. The van der Waals surface area contributed by atoms with Crippen molar-refractivity contribution >= 4 is 75.4 Å². The quantitative estimate of drug-likeness (QED) is 0.174. The van der Waals surface area contributed by atoms with Crippen molar-refractivity contribution in [3.05, 3.63) is 140 Å². The van der Waals surface area contributed by atoms with Crippen LogP contribution in [0.2, 0.25) is 11.5 Å². The Kier molecular flexibility index (Phi) is 5.76. The third-order valence-electron chi connectivity index (χ3n) is 9.98. The van der Waals surface area contributed by atoms with Gasteiger partial charge in [0.1, 0.15) is 0 Å². The van der Waals surface area contributed by atoms with Crippen molar-refractivity contribution in [3.8, 4) is 39.6 Å². The second-order valence-electron chi connectivity index (χ2n) is 13.0. The van der Waals surface area contributed by atoms with Gasteiger partial charge in [-0.05, 0) is 0 Å². The van der Waals surface area contributed by atoms with Crippen molar-refractivity contribution in [3.63, 3.8) is 0 Å². The van der Waals surface area contributed by atoms with E-state index in [9.17, 15) is 0 Å². The topological polar surface area (TPSA) is 30.7 Å². The zero-order valence-electron chi connectivity index (χ0n) is 26.0. The van der Waals surface area contributed by atoms with Crippen LogP contribution in [-0.4, -0.2) is 27.8 Å². The third kappa shape index (κ3) is 3.86. The summed E-state index contributed by atoms with van der Waals surface area (Å²) in [6.07, 6.45) is 0. The summed E-state index contributed by atoms with van der Waals surface area (Å²) in [5.74, 6) is 5.81. The van der Waals surface area contributed by atoms with Crippen molar-refractivity contribution in [2.75, 3.05) is 0 Å². The van der Waals surface area contributed by atoms with Crippen LogP contribution in [0.5, 0.6) is 0 Å². The van der Waals surface area contributed by atoms with Crippen LogP contribution in [0.1, 0.15) is 0 Å². The van der Waals surface area contributed by atoms with Crippen LogP contribution in [0.3, 0.4) is 0 Å². The molecule has 222 valence electrons. The Morgan fingerprint density at radius 1 is 0.553 bits per heavy atom. The van der Waals surface area contributed by atoms with Crippen LogP contribution >= 0.6 is 11.3 Å². The molecule has 0 saturated carbocycles. The number of hydrogen-bond acceptors (Lipinski definition) is 3. The molecule has 1 aliphatic heterocycles. The van der Waals surface area contributed by atoms with E-state index < -0.39 is 13.3 Å². The Bertz CT molecular complexity index is 2710. The fraction of sp³-hybridized carbons (Fsp3) is 0.0476. The first-order valence-electron chi connectivity index (χ1n) is 16.1. The van der Waals surface area contributed by atoms with Gasteiger partial charge in [-0.15, -0.1) is 0 Å². The maximum atomic E-state index is 5.33. The predicted octanol–water partition coefficient (Wildman–Crippen LogP) is 10.1. The van der Waals surface area contributed by atoms with Gasteiger partial charge in [-0.3, -0.25) is 0 Å². The Labute approximate surface area is 279 Å². The van der Waals surface area contributed by atoms with E-state index in [1.807, 2.05) is 17.4 Å². The van der Waals surface area contributed by atoms with Crippen LogP contribution in [0.15, 0.2) is 140 Å². The van der Waals surface area contributed by atoms with Gasteiger partial charge in [0.2, 0.25) is 0 Å². The predicted molar refractivity (Wildman–Crippen MR) is 202 cm³/mol. The summed E-state index contributed by atoms with van der Waals surface area (Å²) in [7, 11) is 0. The zero-order chi connectivity index (χ0) is 31.3. The Morgan fingerprint density at radius 2 is 1.23 bits per heavy atom. The van der Waals surface area contributed by atoms with E-state index >= 15 is 0 Å². The summed E-state index contributed by atoms with van der Waals surface area (Å²) in [5, 5.41) is 5.33. The van der Waals surface area contributed by atoms with E-state index in [2.05, 4.69) is 150 Å². The standard InChI is InChI=1S/C42H29GeN3S/c1-43(2)32-25-28(46-33-19-11-9-17-30(33)37-34(46)23-24-36-38(37)31-18-10-12-20-35(31)47-36)21-22-29(32)41-39(43)40(26-13-5-3-6-14-26)44-42(45-41)27-15-7-4-8-16-27/h3-25H,1-2H3. The summed E-state index contributed by atoms with van der Waals surface area (Å²) < 4.78 is 7.99. The van der Waals surface area contributed by atoms with E-state index in [1.54, 1.807) is 0 Å². The minimum atomic E-state index is -2.89. The van der Waals surface area contributed by atoms with Crippen molar-refractivity contribution in [1.82, 2.24) is 14.5 Å². The number of para-hydroxylation sites is 1. The molecule has 0 radical (unpaired) electrons. The van der Waals surface area contributed by atoms with Crippen molar-refractivity contribution < 1.29 is 0 Å². The fourth-order valence-corrected chi connectivity index (χ4v) is 15.7. The first-order valence-corrected chi connectivity index (χ1v) is 23.2. The zero-order valence-corrected chi connectivity index (χ0v) is 28.9. The van der Waals surface area contributed by atoms with Crippen LogP contribution in [0.4, 0.5) is 0 Å². The van der Waals surface area contributed by atoms with Crippen molar-refractivity contribution in [2.24, 2.45) is 0 Å². The van der Waals surface area contributed by atoms with E-state index in [0.717, 1.165) is 28.3 Å². The fourth-order valence-electron chi connectivity index (χ4n) is 7.85. The molecule has 0 fully saturated rings. The van der Waals surface area contributed by atoms with Crippen LogP contribution in [-0.2, 0) is 0 Å². The summed E-state index contributed by atoms with van der Waals surface area (Å²) in [6.45, 7) is 0. The molecular formula is C42H29GeN3S. The number of nitrogens with zero attached hydrogens (tertiary/aromatic N) is 3. The Balaban J connectivity index is 1.24. The van der Waals surface area contributed by atoms with Gasteiger partial charge in [0.15, 0.2) is 0 Å². The summed E-state index contributed by atoms with van der Waals surface area (Å²) >= 11 is -1.00. The molecule has 0 unspecified atom stereocenters. The molecule has 0 saturated heterocycles. The molecule has 3 nitrogen and oxygen atoms in total. The Morgan fingerprint density at radius 3 is 2.04 bits per heavy atom. The van der Waals surface area contributed by atoms with Gasteiger partial charge in [-0.25, -0.2) is 0 Å². The molecule has 5 heteroatoms. The molecular weight excluding hydrogens is 651 g/mol. The molecule has 0 atom stereocenters. The van der Waals surface area contributed by atoms with Gasteiger partial charge in [-0.2, -0.15) is 0 Å². The minimum absolute atomic E-state index is 0.785. The van der Waals surface area contributed by atoms with Gasteiger partial charge < -0.3 is 0 Å². The average molecular weight is 680 g/mol. The van der Waals surface area contributed by atoms with Gasteiger partial charge >= 0.3 is 281 Å². The summed E-state index contributed by atoms with van der Waals surface area (Å²) in [4.78, 5) is 10.6. The number of benzene rings is 6. The molecule has 0 spiro atoms. The first-order chi connectivity index (χ1) is 23.1. The van der Waals surface area contributed by atoms with Gasteiger partial charge in [0.25, 0.3) is 0 Å². The number of aromatic nitrogens is 3. The van der Waals surface area contributed by atoms with Crippen LogP contribution < -0.4 is 8.79 Å². The second-order valence-corrected chi connectivity index (χ2v) is 23.1. The number of fused-ring (bicyclic) bond motifs is 10. The van der Waals surface area contributed by atoms with Gasteiger partial charge in [-0.1, -0.05) is 0 Å². The van der Waals surface area contributed by atoms with Crippen LogP contribution in [0, 0.1) is 0 Å². The molecule has 47 heavy (non-hydrogen) atoms. The monoisotopic (exact) mass is 681 g/mol. The van der Waals surface area contributed by atoms with E-state index in [-0.39, 0.29) is 0 Å². The SMILES string of the molecule is [CH3][Ge]1([CH3])[c]2cc(-n3c4ccccc4c4c5c(ccc43)sc3ccccc35)ccc2-c2nc(-c3ccccc3)nc(-c3ccccc3)[c]21. The maximum absolute atomic E-state index is 5.33. The first kappa shape index (κ1) is 27.1. The molecule has 0 amide bonds. The van der Waals surface area contributed by atoms with Crippen LogP contribution in [0.25, 0.3) is 81.6 Å². The number of hydrogen-bond donors (Lipinski definition) is 0. The Hall–Kier alpha value is -5.04. The molecule has 0 aliphatic carbocycles.